The van der Waals surface area contributed by atoms with Gasteiger partial charge in [-0.05, 0) is 50.1 Å². The topological polar surface area (TPSA) is 51.0 Å². The molecule has 2 aromatic heterocycles. The van der Waals surface area contributed by atoms with Crippen molar-refractivity contribution in [3.63, 3.8) is 0 Å². The molecule has 1 amide bonds. The molecular weight excluding hydrogens is 288 g/mol. The van der Waals surface area contributed by atoms with Gasteiger partial charge in [-0.25, -0.2) is 9.97 Å². The summed E-state index contributed by atoms with van der Waals surface area (Å²) >= 11 is 0. The van der Waals surface area contributed by atoms with Crippen LogP contribution in [0.1, 0.15) is 29.0 Å². The molecule has 0 atom stereocenters. The Bertz CT molecular complexity index is 878. The van der Waals surface area contributed by atoms with Gasteiger partial charge in [0.1, 0.15) is 11.3 Å². The van der Waals surface area contributed by atoms with Gasteiger partial charge >= 0.3 is 0 Å². The molecule has 5 nitrogen and oxygen atoms in total. The lowest BCUT2D eigenvalue weighted by Gasteiger charge is -2.16. The highest BCUT2D eigenvalue weighted by molar-refractivity contribution is 5.95. The van der Waals surface area contributed by atoms with Gasteiger partial charge in [-0.2, -0.15) is 0 Å². The van der Waals surface area contributed by atoms with Crippen LogP contribution in [-0.4, -0.2) is 38.4 Å². The highest BCUT2D eigenvalue weighted by Crippen LogP contribution is 2.21. The maximum absolute atomic E-state index is 12.6. The first-order chi connectivity index (χ1) is 11.2. The number of aryl methyl sites for hydroxylation is 1. The average molecular weight is 306 g/mol. The van der Waals surface area contributed by atoms with Crippen LogP contribution in [0.4, 0.5) is 0 Å². The van der Waals surface area contributed by atoms with Gasteiger partial charge in [-0.1, -0.05) is 6.07 Å². The van der Waals surface area contributed by atoms with E-state index < -0.39 is 0 Å². The maximum Gasteiger partial charge on any atom is 0.253 e. The Labute approximate surface area is 134 Å². The predicted molar refractivity (Wildman–Crippen MR) is 88.7 cm³/mol. The van der Waals surface area contributed by atoms with Crippen molar-refractivity contribution >= 4 is 17.1 Å². The summed E-state index contributed by atoms with van der Waals surface area (Å²) in [4.78, 5) is 23.5. The fourth-order valence-electron chi connectivity index (χ4n) is 3.22. The molecule has 0 radical (unpaired) electrons. The van der Waals surface area contributed by atoms with Crippen molar-refractivity contribution in [2.45, 2.75) is 19.8 Å². The number of imidazole rings is 1. The van der Waals surface area contributed by atoms with Crippen LogP contribution in [0.25, 0.3) is 16.9 Å². The normalized spacial score (nSPS) is 14.6. The first-order valence-corrected chi connectivity index (χ1v) is 7.94. The van der Waals surface area contributed by atoms with Crippen molar-refractivity contribution in [2.24, 2.45) is 0 Å². The summed E-state index contributed by atoms with van der Waals surface area (Å²) in [5.74, 6) is 0.976. The second-order valence-corrected chi connectivity index (χ2v) is 5.89. The fraction of sp³-hybridized carbons (Fsp3) is 0.278. The number of carbonyl (C=O) groups is 1. The zero-order valence-corrected chi connectivity index (χ0v) is 13.1. The van der Waals surface area contributed by atoms with Gasteiger partial charge in [-0.15, -0.1) is 0 Å². The SMILES string of the molecule is Cc1nc2cccnc2n1-c1cccc(C(=O)N2CCCC2)c1. The third kappa shape index (κ3) is 2.38. The van der Waals surface area contributed by atoms with E-state index in [2.05, 4.69) is 9.97 Å². The van der Waals surface area contributed by atoms with Gasteiger partial charge in [0, 0.05) is 30.5 Å². The largest absolute Gasteiger partial charge is 0.339 e. The molecule has 3 heterocycles. The van der Waals surface area contributed by atoms with Crippen molar-refractivity contribution in [3.05, 3.63) is 54.0 Å². The van der Waals surface area contributed by atoms with Crippen LogP contribution < -0.4 is 0 Å². The Morgan fingerprint density at radius 1 is 1.13 bits per heavy atom. The van der Waals surface area contributed by atoms with Crippen molar-refractivity contribution in [1.82, 2.24) is 19.4 Å². The van der Waals surface area contributed by atoms with E-state index >= 15 is 0 Å². The third-order valence-electron chi connectivity index (χ3n) is 4.33. The van der Waals surface area contributed by atoms with Gasteiger partial charge in [0.05, 0.1) is 0 Å². The van der Waals surface area contributed by atoms with Crippen LogP contribution >= 0.6 is 0 Å². The van der Waals surface area contributed by atoms with Crippen LogP contribution in [0.3, 0.4) is 0 Å². The molecule has 0 saturated carbocycles. The minimum atomic E-state index is 0.111. The zero-order chi connectivity index (χ0) is 15.8. The number of aromatic nitrogens is 3. The van der Waals surface area contributed by atoms with E-state index in [0.29, 0.717) is 0 Å². The minimum Gasteiger partial charge on any atom is -0.339 e. The number of benzene rings is 1. The standard InChI is InChI=1S/C18H18N4O/c1-13-20-16-8-5-9-19-17(16)22(13)15-7-4-6-14(12-15)18(23)21-10-2-3-11-21/h4-9,12H,2-3,10-11H2,1H3. The van der Waals surface area contributed by atoms with Crippen LogP contribution in [0.15, 0.2) is 42.6 Å². The first-order valence-electron chi connectivity index (χ1n) is 7.94. The molecule has 0 unspecified atom stereocenters. The molecule has 1 aliphatic heterocycles. The van der Waals surface area contributed by atoms with Crippen LogP contribution in [-0.2, 0) is 0 Å². The van der Waals surface area contributed by atoms with Gasteiger partial charge < -0.3 is 4.90 Å². The second-order valence-electron chi connectivity index (χ2n) is 5.89. The molecular formula is C18H18N4O. The second kappa shape index (κ2) is 5.50. The maximum atomic E-state index is 12.6. The van der Waals surface area contributed by atoms with Crippen molar-refractivity contribution < 1.29 is 4.79 Å². The Balaban J connectivity index is 1.78. The van der Waals surface area contributed by atoms with Gasteiger partial charge in [-0.3, -0.25) is 9.36 Å². The van der Waals surface area contributed by atoms with Crippen LogP contribution in [0.2, 0.25) is 0 Å². The third-order valence-corrected chi connectivity index (χ3v) is 4.33. The molecule has 1 saturated heterocycles. The highest BCUT2D eigenvalue weighted by atomic mass is 16.2. The van der Waals surface area contributed by atoms with Crippen LogP contribution in [0.5, 0.6) is 0 Å². The van der Waals surface area contributed by atoms with E-state index in [0.717, 1.165) is 54.2 Å². The lowest BCUT2D eigenvalue weighted by atomic mass is 10.1. The first kappa shape index (κ1) is 13.9. The van der Waals surface area contributed by atoms with E-state index in [1.807, 2.05) is 52.8 Å². The summed E-state index contributed by atoms with van der Waals surface area (Å²) in [5.41, 5.74) is 3.33. The molecule has 1 fully saturated rings. The number of amides is 1. The van der Waals surface area contributed by atoms with Gasteiger partial charge in [0.2, 0.25) is 0 Å². The Morgan fingerprint density at radius 3 is 2.78 bits per heavy atom. The number of carbonyl (C=O) groups excluding carboxylic acids is 1. The zero-order valence-electron chi connectivity index (χ0n) is 13.1. The highest BCUT2D eigenvalue weighted by Gasteiger charge is 2.20. The number of pyridine rings is 1. The van der Waals surface area contributed by atoms with Crippen molar-refractivity contribution in [1.29, 1.82) is 0 Å². The summed E-state index contributed by atoms with van der Waals surface area (Å²) in [6.07, 6.45) is 3.96. The number of hydrogen-bond acceptors (Lipinski definition) is 3. The molecule has 0 bridgehead atoms. The number of rotatable bonds is 2. The van der Waals surface area contributed by atoms with E-state index in [-0.39, 0.29) is 5.91 Å². The molecule has 5 heteroatoms. The number of likely N-dealkylation sites (tertiary alicyclic amines) is 1. The van der Waals surface area contributed by atoms with Crippen molar-refractivity contribution in [3.8, 4) is 5.69 Å². The smallest absolute Gasteiger partial charge is 0.253 e. The molecule has 1 aromatic carbocycles. The molecule has 116 valence electrons. The molecule has 3 aromatic rings. The Morgan fingerprint density at radius 2 is 1.96 bits per heavy atom. The van der Waals surface area contributed by atoms with Gasteiger partial charge in [0.25, 0.3) is 5.91 Å². The lowest BCUT2D eigenvalue weighted by Crippen LogP contribution is -2.27. The minimum absolute atomic E-state index is 0.111. The number of nitrogens with zero attached hydrogens (tertiary/aromatic N) is 4. The summed E-state index contributed by atoms with van der Waals surface area (Å²) in [6.45, 7) is 3.67. The monoisotopic (exact) mass is 306 g/mol. The van der Waals surface area contributed by atoms with Crippen molar-refractivity contribution in [2.75, 3.05) is 13.1 Å². The fourth-order valence-corrected chi connectivity index (χ4v) is 3.22. The summed E-state index contributed by atoms with van der Waals surface area (Å²) < 4.78 is 2.00. The Kier molecular flexibility index (Phi) is 3.33. The average Bonchev–Trinajstić information content (AvgIpc) is 3.21. The Hall–Kier alpha value is -2.69. The summed E-state index contributed by atoms with van der Waals surface area (Å²) in [6, 6.07) is 11.6. The van der Waals surface area contributed by atoms with Gasteiger partial charge in [0.15, 0.2) is 5.65 Å². The molecule has 4 rings (SSSR count). The van der Waals surface area contributed by atoms with E-state index in [1.165, 1.54) is 0 Å². The van der Waals surface area contributed by atoms with E-state index in [4.69, 9.17) is 0 Å². The van der Waals surface area contributed by atoms with Crippen LogP contribution in [0, 0.1) is 6.92 Å². The van der Waals surface area contributed by atoms with E-state index in [1.54, 1.807) is 6.20 Å². The molecule has 23 heavy (non-hydrogen) atoms. The molecule has 1 aliphatic rings. The molecule has 0 aliphatic carbocycles. The quantitative estimate of drug-likeness (QED) is 0.731. The summed E-state index contributed by atoms with van der Waals surface area (Å²) in [5, 5.41) is 0. The predicted octanol–water partition coefficient (Wildman–Crippen LogP) is 2.96. The molecule has 0 N–H and O–H groups in total. The van der Waals surface area contributed by atoms with E-state index in [9.17, 15) is 4.79 Å². The number of hydrogen-bond donors (Lipinski definition) is 0. The summed E-state index contributed by atoms with van der Waals surface area (Å²) in [7, 11) is 0. The number of fused-ring (bicyclic) bond motifs is 1. The lowest BCUT2D eigenvalue weighted by molar-refractivity contribution is 0.0793. The molecule has 0 spiro atoms.